The van der Waals surface area contributed by atoms with Gasteiger partial charge in [0, 0.05) is 25.7 Å². The molecule has 0 amide bonds. The highest BCUT2D eigenvalue weighted by molar-refractivity contribution is 7.87. The third-order valence-electron chi connectivity index (χ3n) is 4.15. The molecule has 2 unspecified atom stereocenters. The van der Waals surface area contributed by atoms with Crippen molar-refractivity contribution in [2.75, 3.05) is 19.6 Å². The highest BCUT2D eigenvalue weighted by Crippen LogP contribution is 2.22. The number of nitrogens with one attached hydrogen (secondary N) is 1. The molecule has 1 aliphatic carbocycles. The van der Waals surface area contributed by atoms with E-state index in [0.717, 1.165) is 32.1 Å². The second-order valence-corrected chi connectivity index (χ2v) is 7.28. The molecule has 0 spiro atoms. The maximum Gasteiger partial charge on any atom is 0.279 e. The van der Waals surface area contributed by atoms with Crippen molar-refractivity contribution in [2.45, 2.75) is 51.0 Å². The maximum atomic E-state index is 12.1. The van der Waals surface area contributed by atoms with Crippen LogP contribution in [0.5, 0.6) is 0 Å². The number of rotatable bonds is 4. The number of nitrogens with zero attached hydrogens (tertiary/aromatic N) is 1. The maximum absolute atomic E-state index is 12.1. The molecule has 2 fully saturated rings. The predicted octanol–water partition coefficient (Wildman–Crippen LogP) is 0.824. The van der Waals surface area contributed by atoms with E-state index in [0.29, 0.717) is 25.6 Å². The van der Waals surface area contributed by atoms with Crippen molar-refractivity contribution in [3.05, 3.63) is 0 Å². The molecule has 2 rings (SSSR count). The molecule has 1 heterocycles. The summed E-state index contributed by atoms with van der Waals surface area (Å²) >= 11 is 0. The third kappa shape index (κ3) is 3.66. The number of hydrogen-bond donors (Lipinski definition) is 2. The standard InChI is InChI=1S/C12H25N3O2S/c13-12-7-3-2-6-11(12)10-14-18(16,17)15-8-4-1-5-9-15/h11-12,14H,1-10,13H2. The van der Waals surface area contributed by atoms with E-state index in [1.165, 1.54) is 12.8 Å². The minimum atomic E-state index is -3.28. The number of piperidine rings is 1. The molecule has 0 aromatic heterocycles. The van der Waals surface area contributed by atoms with Gasteiger partial charge in [0.25, 0.3) is 10.2 Å². The summed E-state index contributed by atoms with van der Waals surface area (Å²) in [6, 6.07) is 0.155. The highest BCUT2D eigenvalue weighted by Gasteiger charge is 2.27. The van der Waals surface area contributed by atoms with Crippen LogP contribution in [0, 0.1) is 5.92 Å². The average Bonchev–Trinajstić information content (AvgIpc) is 2.39. The molecule has 18 heavy (non-hydrogen) atoms. The summed E-state index contributed by atoms with van der Waals surface area (Å²) in [6.45, 7) is 1.82. The monoisotopic (exact) mass is 275 g/mol. The van der Waals surface area contributed by atoms with Gasteiger partial charge in [-0.25, -0.2) is 4.72 Å². The first kappa shape index (κ1) is 14.2. The second kappa shape index (κ2) is 6.32. The van der Waals surface area contributed by atoms with Crippen LogP contribution in [0.4, 0.5) is 0 Å². The Labute approximate surface area is 110 Å². The molecule has 6 heteroatoms. The van der Waals surface area contributed by atoms with E-state index in [2.05, 4.69) is 4.72 Å². The molecule has 0 aromatic rings. The van der Waals surface area contributed by atoms with Crippen LogP contribution in [0.1, 0.15) is 44.9 Å². The lowest BCUT2D eigenvalue weighted by Gasteiger charge is -2.31. The molecular weight excluding hydrogens is 250 g/mol. The first-order chi connectivity index (χ1) is 8.59. The molecule has 1 saturated heterocycles. The Kier molecular flexibility index (Phi) is 5.00. The minimum absolute atomic E-state index is 0.155. The zero-order valence-electron chi connectivity index (χ0n) is 11.0. The topological polar surface area (TPSA) is 75.4 Å². The van der Waals surface area contributed by atoms with Gasteiger partial charge in [0.15, 0.2) is 0 Å². The van der Waals surface area contributed by atoms with Crippen molar-refractivity contribution in [2.24, 2.45) is 11.7 Å². The highest BCUT2D eigenvalue weighted by atomic mass is 32.2. The summed E-state index contributed by atoms with van der Waals surface area (Å²) < 4.78 is 28.5. The van der Waals surface area contributed by atoms with E-state index in [1.54, 1.807) is 4.31 Å². The van der Waals surface area contributed by atoms with E-state index in [4.69, 9.17) is 5.73 Å². The second-order valence-electron chi connectivity index (χ2n) is 5.52. The van der Waals surface area contributed by atoms with Gasteiger partial charge >= 0.3 is 0 Å². The summed E-state index contributed by atoms with van der Waals surface area (Å²) in [7, 11) is -3.28. The van der Waals surface area contributed by atoms with Crippen LogP contribution in [0.15, 0.2) is 0 Å². The van der Waals surface area contributed by atoms with E-state index in [9.17, 15) is 8.42 Å². The Bertz CT molecular complexity index is 352. The Morgan fingerprint density at radius 1 is 1.06 bits per heavy atom. The largest absolute Gasteiger partial charge is 0.327 e. The minimum Gasteiger partial charge on any atom is -0.327 e. The van der Waals surface area contributed by atoms with Gasteiger partial charge in [-0.2, -0.15) is 12.7 Å². The van der Waals surface area contributed by atoms with Crippen LogP contribution in [0.2, 0.25) is 0 Å². The fourth-order valence-corrected chi connectivity index (χ4v) is 4.24. The zero-order valence-corrected chi connectivity index (χ0v) is 11.8. The first-order valence-corrected chi connectivity index (χ1v) is 8.54. The lowest BCUT2D eigenvalue weighted by molar-refractivity contribution is 0.300. The molecule has 0 bridgehead atoms. The van der Waals surface area contributed by atoms with E-state index in [1.807, 2.05) is 0 Å². The smallest absolute Gasteiger partial charge is 0.279 e. The van der Waals surface area contributed by atoms with Gasteiger partial charge in [-0.3, -0.25) is 0 Å². The molecule has 3 N–H and O–H groups in total. The van der Waals surface area contributed by atoms with Gasteiger partial charge in [0.05, 0.1) is 0 Å². The first-order valence-electron chi connectivity index (χ1n) is 7.10. The zero-order chi connectivity index (χ0) is 13.0. The summed E-state index contributed by atoms with van der Waals surface area (Å²) in [5, 5.41) is 0. The van der Waals surface area contributed by atoms with Crippen molar-refractivity contribution in [3.63, 3.8) is 0 Å². The molecule has 2 atom stereocenters. The van der Waals surface area contributed by atoms with Gasteiger partial charge in [-0.1, -0.05) is 19.3 Å². The normalized spacial score (nSPS) is 31.4. The van der Waals surface area contributed by atoms with Crippen LogP contribution in [0.25, 0.3) is 0 Å². The lowest BCUT2D eigenvalue weighted by Crippen LogP contribution is -2.47. The molecule has 0 aromatic carbocycles. The van der Waals surface area contributed by atoms with Crippen LogP contribution in [-0.4, -0.2) is 38.4 Å². The van der Waals surface area contributed by atoms with Crippen molar-refractivity contribution >= 4 is 10.2 Å². The summed E-state index contributed by atoms with van der Waals surface area (Å²) in [4.78, 5) is 0. The summed E-state index contributed by atoms with van der Waals surface area (Å²) in [6.07, 6.45) is 7.51. The summed E-state index contributed by atoms with van der Waals surface area (Å²) in [5.74, 6) is 0.304. The third-order valence-corrected chi connectivity index (χ3v) is 5.73. The van der Waals surface area contributed by atoms with Gasteiger partial charge in [-0.05, 0) is 31.6 Å². The van der Waals surface area contributed by atoms with Gasteiger partial charge in [0.2, 0.25) is 0 Å². The molecule has 2 aliphatic rings. The van der Waals surface area contributed by atoms with Crippen molar-refractivity contribution in [1.29, 1.82) is 0 Å². The van der Waals surface area contributed by atoms with E-state index < -0.39 is 10.2 Å². The fourth-order valence-electron chi connectivity index (χ4n) is 2.90. The van der Waals surface area contributed by atoms with Gasteiger partial charge in [-0.15, -0.1) is 0 Å². The van der Waals surface area contributed by atoms with Crippen molar-refractivity contribution < 1.29 is 8.42 Å². The van der Waals surface area contributed by atoms with Gasteiger partial charge in [0.1, 0.15) is 0 Å². The van der Waals surface area contributed by atoms with Crippen molar-refractivity contribution in [1.82, 2.24) is 9.03 Å². The SMILES string of the molecule is NC1CCCCC1CNS(=O)(=O)N1CCCCC1. The Morgan fingerprint density at radius 3 is 2.39 bits per heavy atom. The molecule has 106 valence electrons. The molecule has 1 saturated carbocycles. The van der Waals surface area contributed by atoms with E-state index in [-0.39, 0.29) is 6.04 Å². The number of nitrogens with two attached hydrogens (primary N) is 1. The Balaban J connectivity index is 1.84. The van der Waals surface area contributed by atoms with Crippen LogP contribution >= 0.6 is 0 Å². The van der Waals surface area contributed by atoms with E-state index >= 15 is 0 Å². The van der Waals surface area contributed by atoms with Gasteiger partial charge < -0.3 is 5.73 Å². The van der Waals surface area contributed by atoms with Crippen LogP contribution < -0.4 is 10.5 Å². The number of hydrogen-bond acceptors (Lipinski definition) is 3. The molecule has 0 radical (unpaired) electrons. The Morgan fingerprint density at radius 2 is 1.72 bits per heavy atom. The molecule has 1 aliphatic heterocycles. The summed E-state index contributed by atoms with van der Waals surface area (Å²) in [5.41, 5.74) is 6.04. The van der Waals surface area contributed by atoms with Crippen molar-refractivity contribution in [3.8, 4) is 0 Å². The predicted molar refractivity (Wildman–Crippen MR) is 72.3 cm³/mol. The average molecular weight is 275 g/mol. The molecule has 5 nitrogen and oxygen atoms in total. The lowest BCUT2D eigenvalue weighted by atomic mass is 9.85. The quantitative estimate of drug-likeness (QED) is 0.798. The van der Waals surface area contributed by atoms with Crippen LogP contribution in [-0.2, 0) is 10.2 Å². The van der Waals surface area contributed by atoms with Crippen LogP contribution in [0.3, 0.4) is 0 Å². The fraction of sp³-hybridized carbons (Fsp3) is 1.00. The Hall–Kier alpha value is -0.170. The molecular formula is C12H25N3O2S.